The third kappa shape index (κ3) is 4.99. The largest absolute Gasteiger partial charge is 0.356 e. The molecular formula is C22H29N3O4S. The lowest BCUT2D eigenvalue weighted by Crippen LogP contribution is -2.45. The highest BCUT2D eigenvalue weighted by Crippen LogP contribution is 2.29. The van der Waals surface area contributed by atoms with Crippen LogP contribution in [-0.2, 0) is 14.8 Å². The van der Waals surface area contributed by atoms with Crippen LogP contribution in [0.5, 0.6) is 0 Å². The minimum atomic E-state index is -3.83. The SMILES string of the molecule is CCCNC(=O)C1CCCN(S(=O)(=O)c2c(C)noc2C=Cc2ccc(C)cc2)C1. The van der Waals surface area contributed by atoms with E-state index in [9.17, 15) is 13.2 Å². The Morgan fingerprint density at radius 3 is 2.70 bits per heavy atom. The number of nitrogens with one attached hydrogen (secondary N) is 1. The van der Waals surface area contributed by atoms with E-state index < -0.39 is 10.0 Å². The number of hydrogen-bond acceptors (Lipinski definition) is 5. The van der Waals surface area contributed by atoms with Crippen LogP contribution in [0.3, 0.4) is 0 Å². The number of aryl methyl sites for hydroxylation is 2. The number of carbonyl (C=O) groups excluding carboxylic acids is 1. The molecule has 0 bridgehead atoms. The monoisotopic (exact) mass is 431 g/mol. The first-order chi connectivity index (χ1) is 14.3. The summed E-state index contributed by atoms with van der Waals surface area (Å²) < 4.78 is 33.5. The van der Waals surface area contributed by atoms with Crippen LogP contribution in [0, 0.1) is 19.8 Å². The predicted molar refractivity (Wildman–Crippen MR) is 116 cm³/mol. The number of aromatic nitrogens is 1. The van der Waals surface area contributed by atoms with E-state index in [1.54, 1.807) is 19.1 Å². The quantitative estimate of drug-likeness (QED) is 0.725. The van der Waals surface area contributed by atoms with Crippen LogP contribution in [0.25, 0.3) is 12.2 Å². The fourth-order valence-electron chi connectivity index (χ4n) is 3.54. The van der Waals surface area contributed by atoms with Crippen LogP contribution in [0.1, 0.15) is 48.8 Å². The van der Waals surface area contributed by atoms with E-state index in [0.717, 1.165) is 17.5 Å². The molecule has 1 fully saturated rings. The Balaban J connectivity index is 1.83. The topological polar surface area (TPSA) is 92.5 Å². The van der Waals surface area contributed by atoms with Crippen molar-refractivity contribution >= 4 is 28.1 Å². The Morgan fingerprint density at radius 2 is 2.00 bits per heavy atom. The second-order valence-corrected chi connectivity index (χ2v) is 9.57. The number of nitrogens with zero attached hydrogens (tertiary/aromatic N) is 2. The van der Waals surface area contributed by atoms with E-state index in [2.05, 4.69) is 10.5 Å². The lowest BCUT2D eigenvalue weighted by Gasteiger charge is -2.31. The minimum Gasteiger partial charge on any atom is -0.356 e. The van der Waals surface area contributed by atoms with E-state index in [1.807, 2.05) is 38.1 Å². The summed E-state index contributed by atoms with van der Waals surface area (Å²) in [4.78, 5) is 12.4. The van der Waals surface area contributed by atoms with E-state index in [4.69, 9.17) is 4.52 Å². The molecule has 1 aromatic heterocycles. The maximum atomic E-state index is 13.4. The molecule has 162 valence electrons. The average molecular weight is 432 g/mol. The molecule has 8 heteroatoms. The summed E-state index contributed by atoms with van der Waals surface area (Å²) in [5, 5.41) is 6.76. The van der Waals surface area contributed by atoms with Gasteiger partial charge in [0.1, 0.15) is 5.69 Å². The zero-order valence-corrected chi connectivity index (χ0v) is 18.5. The fourth-order valence-corrected chi connectivity index (χ4v) is 5.32. The highest BCUT2D eigenvalue weighted by Gasteiger charge is 2.36. The van der Waals surface area contributed by atoms with Crippen molar-refractivity contribution in [3.63, 3.8) is 0 Å². The van der Waals surface area contributed by atoms with Crippen molar-refractivity contribution in [2.75, 3.05) is 19.6 Å². The summed E-state index contributed by atoms with van der Waals surface area (Å²) in [7, 11) is -3.83. The summed E-state index contributed by atoms with van der Waals surface area (Å²) in [6.07, 6.45) is 5.60. The molecule has 1 saturated heterocycles. The van der Waals surface area contributed by atoms with E-state index in [-0.39, 0.29) is 29.0 Å². The van der Waals surface area contributed by atoms with Gasteiger partial charge in [-0.3, -0.25) is 4.79 Å². The molecule has 1 atom stereocenters. The Kier molecular flexibility index (Phi) is 7.10. The molecule has 0 aliphatic carbocycles. The van der Waals surface area contributed by atoms with Gasteiger partial charge in [0.2, 0.25) is 15.9 Å². The normalized spacial score (nSPS) is 18.0. The predicted octanol–water partition coefficient (Wildman–Crippen LogP) is 3.39. The number of carbonyl (C=O) groups is 1. The standard InChI is InChI=1S/C22H29N3O4S/c1-4-13-23-22(26)19-6-5-14-25(15-19)30(27,28)21-17(3)24-29-20(21)12-11-18-9-7-16(2)8-10-18/h7-12,19H,4-6,13-15H2,1-3H3,(H,23,26). The number of hydrogen-bond donors (Lipinski definition) is 1. The maximum Gasteiger partial charge on any atom is 0.248 e. The molecule has 1 aromatic carbocycles. The Hall–Kier alpha value is -2.45. The van der Waals surface area contributed by atoms with Gasteiger partial charge in [0.05, 0.1) is 5.92 Å². The molecule has 1 aliphatic heterocycles. The molecule has 2 aromatic rings. The van der Waals surface area contributed by atoms with Crippen LogP contribution in [0.2, 0.25) is 0 Å². The summed E-state index contributed by atoms with van der Waals surface area (Å²) in [5.74, 6) is -0.226. The van der Waals surface area contributed by atoms with Crippen molar-refractivity contribution in [3.05, 3.63) is 46.8 Å². The summed E-state index contributed by atoms with van der Waals surface area (Å²) >= 11 is 0. The van der Waals surface area contributed by atoms with Gasteiger partial charge in [-0.25, -0.2) is 8.42 Å². The third-order valence-corrected chi connectivity index (χ3v) is 7.26. The van der Waals surface area contributed by atoms with Crippen LogP contribution < -0.4 is 5.32 Å². The highest BCUT2D eigenvalue weighted by molar-refractivity contribution is 7.89. The number of piperidine rings is 1. The van der Waals surface area contributed by atoms with Crippen LogP contribution in [-0.4, -0.2) is 43.4 Å². The van der Waals surface area contributed by atoms with Crippen molar-refractivity contribution in [1.82, 2.24) is 14.8 Å². The third-order valence-electron chi connectivity index (χ3n) is 5.24. The lowest BCUT2D eigenvalue weighted by molar-refractivity contribution is -0.126. The van der Waals surface area contributed by atoms with Gasteiger partial charge in [-0.1, -0.05) is 48.0 Å². The van der Waals surface area contributed by atoms with Crippen LogP contribution in [0.15, 0.2) is 33.7 Å². The maximum absolute atomic E-state index is 13.4. The molecule has 1 N–H and O–H groups in total. The van der Waals surface area contributed by atoms with Gasteiger partial charge in [-0.15, -0.1) is 0 Å². The molecule has 1 aliphatic rings. The van der Waals surface area contributed by atoms with Gasteiger partial charge in [-0.2, -0.15) is 4.31 Å². The zero-order chi connectivity index (χ0) is 21.7. The number of sulfonamides is 1. The van der Waals surface area contributed by atoms with E-state index in [1.165, 1.54) is 4.31 Å². The molecule has 7 nitrogen and oxygen atoms in total. The average Bonchev–Trinajstić information content (AvgIpc) is 3.13. The van der Waals surface area contributed by atoms with Gasteiger partial charge >= 0.3 is 0 Å². The number of rotatable bonds is 7. The molecule has 0 saturated carbocycles. The first-order valence-corrected chi connectivity index (χ1v) is 11.8. The lowest BCUT2D eigenvalue weighted by atomic mass is 9.99. The van der Waals surface area contributed by atoms with Gasteiger partial charge in [0.15, 0.2) is 10.7 Å². The zero-order valence-electron chi connectivity index (χ0n) is 17.7. The molecule has 3 rings (SSSR count). The minimum absolute atomic E-state index is 0.0699. The van der Waals surface area contributed by atoms with Gasteiger partial charge < -0.3 is 9.84 Å². The molecular weight excluding hydrogens is 402 g/mol. The van der Waals surface area contributed by atoms with Gasteiger partial charge in [-0.05, 0) is 44.7 Å². The second-order valence-electron chi connectivity index (χ2n) is 7.70. The number of benzene rings is 1. The van der Waals surface area contributed by atoms with Crippen LogP contribution in [0.4, 0.5) is 0 Å². The van der Waals surface area contributed by atoms with Crippen molar-refractivity contribution < 1.29 is 17.7 Å². The summed E-state index contributed by atoms with van der Waals surface area (Å²) in [6, 6.07) is 7.88. The fraction of sp³-hybridized carbons (Fsp3) is 0.455. The molecule has 0 radical (unpaired) electrons. The number of amides is 1. The summed E-state index contributed by atoms with van der Waals surface area (Å²) in [5.41, 5.74) is 2.40. The molecule has 1 unspecified atom stereocenters. The van der Waals surface area contributed by atoms with Crippen LogP contribution >= 0.6 is 0 Å². The van der Waals surface area contributed by atoms with Crippen molar-refractivity contribution in [1.29, 1.82) is 0 Å². The Morgan fingerprint density at radius 1 is 1.27 bits per heavy atom. The first kappa shape index (κ1) is 22.2. The smallest absolute Gasteiger partial charge is 0.248 e. The highest BCUT2D eigenvalue weighted by atomic mass is 32.2. The van der Waals surface area contributed by atoms with Gasteiger partial charge in [0, 0.05) is 19.6 Å². The Labute approximate surface area is 178 Å². The first-order valence-electron chi connectivity index (χ1n) is 10.3. The van der Waals surface area contributed by atoms with Crippen molar-refractivity contribution in [2.45, 2.75) is 44.9 Å². The molecule has 0 spiro atoms. The molecule has 1 amide bonds. The molecule has 30 heavy (non-hydrogen) atoms. The summed E-state index contributed by atoms with van der Waals surface area (Å²) in [6.45, 7) is 6.76. The van der Waals surface area contributed by atoms with E-state index >= 15 is 0 Å². The Bertz CT molecular complexity index is 1010. The van der Waals surface area contributed by atoms with Gasteiger partial charge in [0.25, 0.3) is 0 Å². The van der Waals surface area contributed by atoms with Crippen molar-refractivity contribution in [3.8, 4) is 0 Å². The van der Waals surface area contributed by atoms with E-state index in [0.29, 0.717) is 31.6 Å². The molecule has 2 heterocycles. The van der Waals surface area contributed by atoms with Crippen molar-refractivity contribution in [2.24, 2.45) is 5.92 Å². The second kappa shape index (κ2) is 9.57.